The van der Waals surface area contributed by atoms with Gasteiger partial charge in [0.2, 0.25) is 0 Å². The van der Waals surface area contributed by atoms with Crippen LogP contribution in [0.4, 0.5) is 8.78 Å². The number of hydrogen-bond acceptors (Lipinski definition) is 0. The molecule has 0 aromatic heterocycles. The van der Waals surface area contributed by atoms with Crippen molar-refractivity contribution in [3.63, 3.8) is 0 Å². The molecule has 0 spiro atoms. The minimum atomic E-state index is -0.537. The minimum Gasteiger partial charge on any atom is -0.352 e. The third-order valence-corrected chi connectivity index (χ3v) is 0.787. The quantitative estimate of drug-likeness (QED) is 0.502. The maximum atomic E-state index is 11.9. The van der Waals surface area contributed by atoms with E-state index in [1.807, 2.05) is 0 Å². The van der Waals surface area contributed by atoms with Gasteiger partial charge in [-0.05, 0) is 12.1 Å². The van der Waals surface area contributed by atoms with E-state index in [0.29, 0.717) is 0 Å². The molecule has 0 N–H and O–H groups in total. The normalized spacial score (nSPS) is 7.27. The summed E-state index contributed by atoms with van der Waals surface area (Å²) >= 11 is 4.39. The van der Waals surface area contributed by atoms with Crippen molar-refractivity contribution >= 4 is 11.6 Å². The van der Waals surface area contributed by atoms with E-state index in [4.69, 9.17) is 0 Å². The first-order chi connectivity index (χ1) is 4.79. The van der Waals surface area contributed by atoms with E-state index in [9.17, 15) is 8.78 Å². The molecule has 4 heteroatoms. The number of halogens is 3. The first kappa shape index (κ1) is 13.6. The summed E-state index contributed by atoms with van der Waals surface area (Å²) < 4.78 is 23.9. The molecular formula is C7H6ClF2Pd-. The van der Waals surface area contributed by atoms with E-state index in [1.54, 1.807) is 0 Å². The zero-order chi connectivity index (χ0) is 7.98. The van der Waals surface area contributed by atoms with Gasteiger partial charge < -0.3 is 11.6 Å². The van der Waals surface area contributed by atoms with Gasteiger partial charge in [0.15, 0.2) is 0 Å². The van der Waals surface area contributed by atoms with E-state index in [0.717, 1.165) is 6.07 Å². The fourth-order valence-corrected chi connectivity index (χ4v) is 0.460. The summed E-state index contributed by atoms with van der Waals surface area (Å²) in [4.78, 5) is 0. The maximum absolute atomic E-state index is 11.9. The second-order valence-corrected chi connectivity index (χ2v) is 1.44. The van der Waals surface area contributed by atoms with Crippen LogP contribution in [-0.4, -0.2) is 0 Å². The Morgan fingerprint density at radius 3 is 1.64 bits per heavy atom. The molecule has 0 unspecified atom stereocenters. The SMILES string of the molecule is Fc1cccc(F)c1.[CH2-]Cl.[Pd]. The van der Waals surface area contributed by atoms with Crippen LogP contribution in [0, 0.1) is 18.0 Å². The molecule has 0 heterocycles. The molecule has 1 rings (SSSR count). The van der Waals surface area contributed by atoms with Gasteiger partial charge in [-0.25, -0.2) is 8.78 Å². The molecular weight excluding hydrogens is 264 g/mol. The number of hydrogen-bond donors (Lipinski definition) is 0. The van der Waals surface area contributed by atoms with Gasteiger partial charge in [0, 0.05) is 26.5 Å². The average Bonchev–Trinajstić information content (AvgIpc) is 1.91. The van der Waals surface area contributed by atoms with E-state index < -0.39 is 11.6 Å². The summed E-state index contributed by atoms with van der Waals surface area (Å²) in [7, 11) is 0. The Labute approximate surface area is 83.2 Å². The topological polar surface area (TPSA) is 0 Å². The van der Waals surface area contributed by atoms with E-state index in [1.165, 1.54) is 18.2 Å². The van der Waals surface area contributed by atoms with Crippen LogP contribution >= 0.6 is 11.6 Å². The smallest absolute Gasteiger partial charge is 0.126 e. The van der Waals surface area contributed by atoms with Gasteiger partial charge >= 0.3 is 0 Å². The summed E-state index contributed by atoms with van der Waals surface area (Å²) in [5, 5.41) is 0. The summed E-state index contributed by atoms with van der Waals surface area (Å²) in [5.74, 6) is -1.07. The predicted molar refractivity (Wildman–Crippen MR) is 37.6 cm³/mol. The van der Waals surface area contributed by atoms with Crippen molar-refractivity contribution in [1.82, 2.24) is 0 Å². The third kappa shape index (κ3) is 6.43. The van der Waals surface area contributed by atoms with Crippen molar-refractivity contribution in [2.45, 2.75) is 0 Å². The van der Waals surface area contributed by atoms with Crippen LogP contribution in [0.15, 0.2) is 24.3 Å². The van der Waals surface area contributed by atoms with Gasteiger partial charge in [0.25, 0.3) is 0 Å². The molecule has 0 fully saturated rings. The van der Waals surface area contributed by atoms with Gasteiger partial charge in [-0.3, -0.25) is 6.38 Å². The summed E-state index contributed by atoms with van der Waals surface area (Å²) in [6.07, 6.45) is 2.72. The van der Waals surface area contributed by atoms with E-state index in [2.05, 4.69) is 18.0 Å². The Kier molecular flexibility index (Phi) is 10.1. The van der Waals surface area contributed by atoms with Crippen LogP contribution in [0.2, 0.25) is 0 Å². The molecule has 0 saturated heterocycles. The minimum absolute atomic E-state index is 0. The number of rotatable bonds is 0. The van der Waals surface area contributed by atoms with Crippen molar-refractivity contribution < 1.29 is 29.2 Å². The fraction of sp³-hybridized carbons (Fsp3) is 0. The van der Waals surface area contributed by atoms with Crippen molar-refractivity contribution in [2.75, 3.05) is 0 Å². The molecule has 0 aliphatic rings. The van der Waals surface area contributed by atoms with Crippen molar-refractivity contribution in [3.05, 3.63) is 42.3 Å². The Morgan fingerprint density at radius 1 is 1.09 bits per heavy atom. The zero-order valence-electron chi connectivity index (χ0n) is 5.47. The standard InChI is InChI=1S/C6H4F2.CH2Cl.Pd/c7-5-2-1-3-6(8)4-5;1-2;/h1-4H;1H2;/q;-1;. The number of benzene rings is 1. The Bertz CT molecular complexity index is 176. The van der Waals surface area contributed by atoms with Crippen molar-refractivity contribution in [2.24, 2.45) is 0 Å². The molecule has 1 aromatic rings. The Morgan fingerprint density at radius 2 is 1.45 bits per heavy atom. The van der Waals surface area contributed by atoms with Gasteiger partial charge in [0.05, 0.1) is 0 Å². The van der Waals surface area contributed by atoms with Crippen LogP contribution in [-0.2, 0) is 20.4 Å². The average molecular weight is 270 g/mol. The summed E-state index contributed by atoms with van der Waals surface area (Å²) in [6, 6.07) is 4.55. The molecule has 66 valence electrons. The maximum Gasteiger partial charge on any atom is 0.126 e. The molecule has 0 atom stereocenters. The van der Waals surface area contributed by atoms with E-state index >= 15 is 0 Å². The Hall–Kier alpha value is 0.0323. The molecule has 0 bridgehead atoms. The Balaban J connectivity index is 0. The van der Waals surface area contributed by atoms with Crippen LogP contribution in [0.1, 0.15) is 0 Å². The second kappa shape index (κ2) is 8.13. The largest absolute Gasteiger partial charge is 0.352 e. The predicted octanol–water partition coefficient (Wildman–Crippen LogP) is 2.98. The second-order valence-electron chi connectivity index (χ2n) is 1.44. The molecule has 0 nitrogen and oxygen atoms in total. The van der Waals surface area contributed by atoms with Gasteiger partial charge in [-0.15, -0.1) is 0 Å². The van der Waals surface area contributed by atoms with E-state index in [-0.39, 0.29) is 20.4 Å². The van der Waals surface area contributed by atoms with Crippen LogP contribution in [0.25, 0.3) is 0 Å². The van der Waals surface area contributed by atoms with Crippen LogP contribution < -0.4 is 0 Å². The van der Waals surface area contributed by atoms with Crippen molar-refractivity contribution in [1.29, 1.82) is 0 Å². The first-order valence-electron chi connectivity index (χ1n) is 2.47. The molecule has 0 radical (unpaired) electrons. The molecule has 0 amide bonds. The van der Waals surface area contributed by atoms with Crippen LogP contribution in [0.3, 0.4) is 0 Å². The summed E-state index contributed by atoms with van der Waals surface area (Å²) in [6.45, 7) is 0. The van der Waals surface area contributed by atoms with Gasteiger partial charge in [0.1, 0.15) is 11.6 Å². The first-order valence-corrected chi connectivity index (χ1v) is 3.00. The van der Waals surface area contributed by atoms with Gasteiger partial charge in [-0.1, -0.05) is 6.07 Å². The molecule has 0 aliphatic carbocycles. The molecule has 0 aliphatic heterocycles. The molecule has 0 saturated carbocycles. The third-order valence-electron chi connectivity index (χ3n) is 0.787. The zero-order valence-corrected chi connectivity index (χ0v) is 7.78. The molecule has 1 aromatic carbocycles. The van der Waals surface area contributed by atoms with Crippen LogP contribution in [0.5, 0.6) is 0 Å². The fourth-order valence-electron chi connectivity index (χ4n) is 0.460. The van der Waals surface area contributed by atoms with Gasteiger partial charge in [-0.2, -0.15) is 0 Å². The van der Waals surface area contributed by atoms with Crippen molar-refractivity contribution in [3.8, 4) is 0 Å². The molecule has 11 heavy (non-hydrogen) atoms. The monoisotopic (exact) mass is 269 g/mol. The summed E-state index contributed by atoms with van der Waals surface area (Å²) in [5.41, 5.74) is 0.